The van der Waals surface area contributed by atoms with Gasteiger partial charge in [-0.05, 0) is 32.0 Å². The van der Waals surface area contributed by atoms with Gasteiger partial charge >= 0.3 is 0 Å². The van der Waals surface area contributed by atoms with Crippen molar-refractivity contribution in [3.63, 3.8) is 0 Å². The van der Waals surface area contributed by atoms with E-state index in [0.717, 1.165) is 36.7 Å². The summed E-state index contributed by atoms with van der Waals surface area (Å²) < 4.78 is 7.03. The highest BCUT2D eigenvalue weighted by atomic mass is 16.5. The van der Waals surface area contributed by atoms with E-state index in [4.69, 9.17) is 4.74 Å². The van der Waals surface area contributed by atoms with E-state index < -0.39 is 0 Å². The lowest BCUT2D eigenvalue weighted by atomic mass is 10.2. The van der Waals surface area contributed by atoms with E-state index in [1.807, 2.05) is 22.8 Å². The number of hydrogen-bond donors (Lipinski definition) is 0. The molecule has 1 unspecified atom stereocenters. The minimum absolute atomic E-state index is 0.376. The van der Waals surface area contributed by atoms with Gasteiger partial charge in [-0.25, -0.2) is 9.50 Å². The van der Waals surface area contributed by atoms with Crippen LogP contribution < -0.4 is 4.74 Å². The van der Waals surface area contributed by atoms with E-state index in [1.54, 1.807) is 7.11 Å². The van der Waals surface area contributed by atoms with E-state index in [9.17, 15) is 0 Å². The molecule has 18 heavy (non-hydrogen) atoms. The Labute approximate surface area is 106 Å². The molecule has 5 heteroatoms. The van der Waals surface area contributed by atoms with Crippen molar-refractivity contribution >= 4 is 5.65 Å². The highest BCUT2D eigenvalue weighted by molar-refractivity contribution is 5.43. The minimum atomic E-state index is 0.376. The van der Waals surface area contributed by atoms with E-state index in [-0.39, 0.29) is 0 Å². The van der Waals surface area contributed by atoms with Crippen molar-refractivity contribution in [1.29, 1.82) is 0 Å². The van der Waals surface area contributed by atoms with Crippen LogP contribution in [-0.4, -0.2) is 39.7 Å². The fourth-order valence-electron chi connectivity index (χ4n) is 2.65. The van der Waals surface area contributed by atoms with E-state index in [2.05, 4.69) is 21.9 Å². The number of methoxy groups -OCH3 is 1. The molecule has 1 fully saturated rings. The molecule has 2 aromatic heterocycles. The standard InChI is InChI=1S/C13H18N4O/c1-3-16-7-4-5-11(16)13-14-12-9-10(18-2)6-8-17(12)15-13/h6,8-9,11H,3-5,7H2,1-2H3. The second kappa shape index (κ2) is 4.57. The van der Waals surface area contributed by atoms with Gasteiger partial charge in [0.1, 0.15) is 5.75 Å². The molecule has 3 rings (SSSR count). The summed E-state index contributed by atoms with van der Waals surface area (Å²) in [7, 11) is 1.67. The molecule has 0 N–H and O–H groups in total. The van der Waals surface area contributed by atoms with Gasteiger partial charge in [0.15, 0.2) is 11.5 Å². The first-order valence-electron chi connectivity index (χ1n) is 6.46. The van der Waals surface area contributed by atoms with E-state index >= 15 is 0 Å². The summed E-state index contributed by atoms with van der Waals surface area (Å²) in [4.78, 5) is 7.07. The van der Waals surface area contributed by atoms with Crippen molar-refractivity contribution in [3.05, 3.63) is 24.2 Å². The van der Waals surface area contributed by atoms with E-state index in [1.165, 1.54) is 6.42 Å². The zero-order chi connectivity index (χ0) is 12.5. The lowest BCUT2D eigenvalue weighted by Gasteiger charge is -2.19. The topological polar surface area (TPSA) is 42.7 Å². The molecule has 1 aliphatic heterocycles. The average molecular weight is 246 g/mol. The van der Waals surface area contributed by atoms with Gasteiger partial charge in [-0.1, -0.05) is 6.92 Å². The van der Waals surface area contributed by atoms with Crippen molar-refractivity contribution in [2.45, 2.75) is 25.8 Å². The molecule has 3 heterocycles. The number of fused-ring (bicyclic) bond motifs is 1. The number of ether oxygens (including phenoxy) is 1. The van der Waals surface area contributed by atoms with Gasteiger partial charge in [0.2, 0.25) is 0 Å². The lowest BCUT2D eigenvalue weighted by Crippen LogP contribution is -2.23. The van der Waals surface area contributed by atoms with Gasteiger partial charge in [-0.2, -0.15) is 0 Å². The number of rotatable bonds is 3. The second-order valence-electron chi connectivity index (χ2n) is 4.63. The van der Waals surface area contributed by atoms with Crippen LogP contribution in [0.1, 0.15) is 31.6 Å². The zero-order valence-corrected chi connectivity index (χ0v) is 10.8. The van der Waals surface area contributed by atoms with Crippen LogP contribution in [0.2, 0.25) is 0 Å². The fraction of sp³-hybridized carbons (Fsp3) is 0.538. The summed E-state index contributed by atoms with van der Waals surface area (Å²) in [6, 6.07) is 4.19. The smallest absolute Gasteiger partial charge is 0.168 e. The largest absolute Gasteiger partial charge is 0.497 e. The Morgan fingerprint density at radius 1 is 1.50 bits per heavy atom. The molecule has 5 nitrogen and oxygen atoms in total. The Bertz CT molecular complexity index is 551. The quantitative estimate of drug-likeness (QED) is 0.829. The lowest BCUT2D eigenvalue weighted by molar-refractivity contribution is 0.262. The van der Waals surface area contributed by atoms with Gasteiger partial charge in [-0.3, -0.25) is 4.90 Å². The number of nitrogens with zero attached hydrogens (tertiary/aromatic N) is 4. The summed E-state index contributed by atoms with van der Waals surface area (Å²) in [5.74, 6) is 1.75. The average Bonchev–Trinajstić information content (AvgIpc) is 3.03. The van der Waals surface area contributed by atoms with Gasteiger partial charge in [0.25, 0.3) is 0 Å². The SMILES string of the molecule is CCN1CCCC1c1nc2cc(OC)ccn2n1. The van der Waals surface area contributed by atoms with Crippen LogP contribution in [0.4, 0.5) is 0 Å². The van der Waals surface area contributed by atoms with Crippen LogP contribution in [0.3, 0.4) is 0 Å². The van der Waals surface area contributed by atoms with Crippen molar-refractivity contribution < 1.29 is 4.74 Å². The third-order valence-electron chi connectivity index (χ3n) is 3.63. The summed E-state index contributed by atoms with van der Waals surface area (Å²) in [5, 5.41) is 4.58. The maximum absolute atomic E-state index is 5.21. The summed E-state index contributed by atoms with van der Waals surface area (Å²) in [6.07, 6.45) is 4.29. The molecule has 2 aromatic rings. The monoisotopic (exact) mass is 246 g/mol. The van der Waals surface area contributed by atoms with Crippen molar-refractivity contribution in [1.82, 2.24) is 19.5 Å². The van der Waals surface area contributed by atoms with Gasteiger partial charge < -0.3 is 4.74 Å². The highest BCUT2D eigenvalue weighted by Crippen LogP contribution is 2.29. The van der Waals surface area contributed by atoms with Crippen LogP contribution in [0.25, 0.3) is 5.65 Å². The maximum Gasteiger partial charge on any atom is 0.168 e. The van der Waals surface area contributed by atoms with Crippen molar-refractivity contribution in [2.24, 2.45) is 0 Å². The molecular weight excluding hydrogens is 228 g/mol. The number of likely N-dealkylation sites (tertiary alicyclic amines) is 1. The normalized spacial score (nSPS) is 20.7. The first kappa shape index (κ1) is 11.5. The third-order valence-corrected chi connectivity index (χ3v) is 3.63. The Morgan fingerprint density at radius 2 is 2.39 bits per heavy atom. The van der Waals surface area contributed by atoms with Crippen LogP contribution in [0.15, 0.2) is 18.3 Å². The number of hydrogen-bond acceptors (Lipinski definition) is 4. The Kier molecular flexibility index (Phi) is 2.91. The van der Waals surface area contributed by atoms with Crippen molar-refractivity contribution in [3.8, 4) is 5.75 Å². The van der Waals surface area contributed by atoms with Crippen molar-refractivity contribution in [2.75, 3.05) is 20.2 Å². The Morgan fingerprint density at radius 3 is 3.17 bits per heavy atom. The Balaban J connectivity index is 1.97. The Hall–Kier alpha value is -1.62. The molecule has 0 saturated carbocycles. The molecule has 0 spiro atoms. The molecule has 1 saturated heterocycles. The number of pyridine rings is 1. The molecule has 0 bridgehead atoms. The van der Waals surface area contributed by atoms with Crippen LogP contribution in [0.5, 0.6) is 5.75 Å². The number of aromatic nitrogens is 3. The molecule has 0 amide bonds. The highest BCUT2D eigenvalue weighted by Gasteiger charge is 2.27. The third kappa shape index (κ3) is 1.84. The zero-order valence-electron chi connectivity index (χ0n) is 10.8. The van der Waals surface area contributed by atoms with Gasteiger partial charge in [0, 0.05) is 12.3 Å². The first-order chi connectivity index (χ1) is 8.81. The maximum atomic E-state index is 5.21. The summed E-state index contributed by atoms with van der Waals surface area (Å²) >= 11 is 0. The van der Waals surface area contributed by atoms with Crippen LogP contribution in [0, 0.1) is 0 Å². The predicted molar refractivity (Wildman–Crippen MR) is 68.8 cm³/mol. The first-order valence-corrected chi connectivity index (χ1v) is 6.46. The molecule has 1 atom stereocenters. The molecular formula is C13H18N4O. The molecule has 0 aliphatic carbocycles. The second-order valence-corrected chi connectivity index (χ2v) is 4.63. The van der Waals surface area contributed by atoms with Gasteiger partial charge in [0.05, 0.1) is 13.2 Å². The molecule has 0 aromatic carbocycles. The van der Waals surface area contributed by atoms with E-state index in [0.29, 0.717) is 6.04 Å². The summed E-state index contributed by atoms with van der Waals surface area (Å²) in [6.45, 7) is 4.40. The minimum Gasteiger partial charge on any atom is -0.497 e. The molecule has 0 radical (unpaired) electrons. The van der Waals surface area contributed by atoms with Crippen LogP contribution in [-0.2, 0) is 0 Å². The predicted octanol–water partition coefficient (Wildman–Crippen LogP) is 1.89. The van der Waals surface area contributed by atoms with Crippen LogP contribution >= 0.6 is 0 Å². The fourth-order valence-corrected chi connectivity index (χ4v) is 2.65. The van der Waals surface area contributed by atoms with Gasteiger partial charge in [-0.15, -0.1) is 5.10 Å². The summed E-state index contributed by atoms with van der Waals surface area (Å²) in [5.41, 5.74) is 0.854. The molecule has 96 valence electrons. The molecule has 1 aliphatic rings.